The molecule has 7 nitrogen and oxygen atoms in total. The third-order valence-electron chi connectivity index (χ3n) is 5.63. The highest BCUT2D eigenvalue weighted by atomic mass is 32.2. The van der Waals surface area contributed by atoms with Crippen molar-refractivity contribution in [1.29, 1.82) is 0 Å². The number of morpholine rings is 1. The molecule has 5 rings (SSSR count). The van der Waals surface area contributed by atoms with Crippen LogP contribution in [0.4, 0.5) is 0 Å². The molecule has 0 spiro atoms. The Balaban J connectivity index is 1.51. The Labute approximate surface area is 190 Å². The summed E-state index contributed by atoms with van der Waals surface area (Å²) in [5.74, 6) is 0.746. The minimum absolute atomic E-state index is 0.291. The fraction of sp³-hybridized carbons (Fsp3) is 0.261. The van der Waals surface area contributed by atoms with E-state index in [1.54, 1.807) is 24.5 Å². The lowest BCUT2D eigenvalue weighted by Crippen LogP contribution is -2.40. The number of sulfonamides is 1. The van der Waals surface area contributed by atoms with Crippen LogP contribution < -0.4 is 0 Å². The van der Waals surface area contributed by atoms with Crippen molar-refractivity contribution >= 4 is 21.4 Å². The maximum atomic E-state index is 13.1. The zero-order chi connectivity index (χ0) is 22.3. The van der Waals surface area contributed by atoms with Gasteiger partial charge < -0.3 is 13.7 Å². The van der Waals surface area contributed by atoms with Gasteiger partial charge in [-0.15, -0.1) is 11.3 Å². The van der Waals surface area contributed by atoms with Crippen molar-refractivity contribution in [3.63, 3.8) is 0 Å². The van der Waals surface area contributed by atoms with E-state index < -0.39 is 10.0 Å². The second-order valence-electron chi connectivity index (χ2n) is 7.65. The maximum absolute atomic E-state index is 13.1. The van der Waals surface area contributed by atoms with Gasteiger partial charge in [0.1, 0.15) is 0 Å². The van der Waals surface area contributed by atoms with Crippen molar-refractivity contribution in [1.82, 2.24) is 13.9 Å². The average molecular weight is 470 g/mol. The van der Waals surface area contributed by atoms with Crippen molar-refractivity contribution in [2.45, 2.75) is 18.7 Å². The maximum Gasteiger partial charge on any atom is 0.243 e. The second-order valence-corrected chi connectivity index (χ2v) is 10.4. The molecule has 1 aliphatic heterocycles. The number of benzene rings is 1. The molecule has 9 heteroatoms. The summed E-state index contributed by atoms with van der Waals surface area (Å²) in [6.45, 7) is 5.63. The molecule has 1 aromatic carbocycles. The van der Waals surface area contributed by atoms with Gasteiger partial charge in [-0.25, -0.2) is 13.4 Å². The number of rotatable bonds is 5. The van der Waals surface area contributed by atoms with Gasteiger partial charge in [0, 0.05) is 41.1 Å². The molecular formula is C23H23N3O4S2. The van der Waals surface area contributed by atoms with E-state index in [1.165, 1.54) is 15.6 Å². The van der Waals surface area contributed by atoms with Gasteiger partial charge in [0.15, 0.2) is 10.8 Å². The molecular weight excluding hydrogens is 446 g/mol. The minimum Gasteiger partial charge on any atom is -0.462 e. The van der Waals surface area contributed by atoms with Crippen LogP contribution in [0.3, 0.4) is 0 Å². The Morgan fingerprint density at radius 1 is 1.06 bits per heavy atom. The molecule has 1 fully saturated rings. The Hall–Kier alpha value is -2.72. The van der Waals surface area contributed by atoms with Crippen LogP contribution in [0.25, 0.3) is 27.7 Å². The molecule has 0 unspecified atom stereocenters. The van der Waals surface area contributed by atoms with Crippen LogP contribution in [0.15, 0.2) is 63.4 Å². The Morgan fingerprint density at radius 3 is 2.62 bits per heavy atom. The summed E-state index contributed by atoms with van der Waals surface area (Å²) in [4.78, 5) is 5.04. The molecule has 3 aromatic heterocycles. The van der Waals surface area contributed by atoms with Gasteiger partial charge >= 0.3 is 0 Å². The quantitative estimate of drug-likeness (QED) is 0.430. The first-order valence-electron chi connectivity index (χ1n) is 10.3. The lowest BCUT2D eigenvalue weighted by Gasteiger charge is -2.26. The van der Waals surface area contributed by atoms with Gasteiger partial charge in [0.2, 0.25) is 10.0 Å². The van der Waals surface area contributed by atoms with Crippen LogP contribution in [0.5, 0.6) is 0 Å². The Kier molecular flexibility index (Phi) is 5.50. The number of nitrogens with zero attached hydrogens (tertiary/aromatic N) is 3. The van der Waals surface area contributed by atoms with Crippen molar-refractivity contribution < 1.29 is 17.6 Å². The largest absolute Gasteiger partial charge is 0.462 e. The summed E-state index contributed by atoms with van der Waals surface area (Å²) >= 11 is 1.53. The molecule has 0 bridgehead atoms. The number of aromatic nitrogens is 2. The molecule has 166 valence electrons. The molecule has 0 amide bonds. The van der Waals surface area contributed by atoms with E-state index in [0.717, 1.165) is 39.1 Å². The van der Waals surface area contributed by atoms with Crippen LogP contribution in [0.1, 0.15) is 11.4 Å². The van der Waals surface area contributed by atoms with E-state index in [2.05, 4.69) is 10.6 Å². The lowest BCUT2D eigenvalue weighted by molar-refractivity contribution is 0.0730. The van der Waals surface area contributed by atoms with Crippen molar-refractivity contribution in [3.05, 3.63) is 65.5 Å². The van der Waals surface area contributed by atoms with Gasteiger partial charge in [-0.3, -0.25) is 0 Å². The molecule has 4 heterocycles. The van der Waals surface area contributed by atoms with Crippen LogP contribution in [-0.2, 0) is 14.8 Å². The van der Waals surface area contributed by atoms with E-state index in [1.807, 2.05) is 37.4 Å². The highest BCUT2D eigenvalue weighted by Crippen LogP contribution is 2.34. The van der Waals surface area contributed by atoms with Gasteiger partial charge in [-0.1, -0.05) is 6.07 Å². The predicted molar refractivity (Wildman–Crippen MR) is 124 cm³/mol. The molecule has 1 saturated heterocycles. The van der Waals surface area contributed by atoms with Crippen LogP contribution in [-0.4, -0.2) is 48.6 Å². The first-order chi connectivity index (χ1) is 15.4. The molecule has 0 N–H and O–H groups in total. The zero-order valence-electron chi connectivity index (χ0n) is 17.8. The van der Waals surface area contributed by atoms with Crippen molar-refractivity contribution in [2.24, 2.45) is 0 Å². The molecule has 0 saturated carbocycles. The molecule has 4 aromatic rings. The Morgan fingerprint density at radius 2 is 1.88 bits per heavy atom. The highest BCUT2D eigenvalue weighted by Gasteiger charge is 2.27. The summed E-state index contributed by atoms with van der Waals surface area (Å²) in [6, 6.07) is 12.9. The molecule has 0 radical (unpaired) electrons. The summed E-state index contributed by atoms with van der Waals surface area (Å²) in [5.41, 5.74) is 4.70. The molecule has 0 atom stereocenters. The van der Waals surface area contributed by atoms with E-state index >= 15 is 0 Å². The van der Waals surface area contributed by atoms with Gasteiger partial charge in [-0.2, -0.15) is 4.31 Å². The number of ether oxygens (including phenoxy) is 1. The first-order valence-corrected chi connectivity index (χ1v) is 12.6. The lowest BCUT2D eigenvalue weighted by atomic mass is 10.2. The first kappa shape index (κ1) is 21.1. The average Bonchev–Trinajstić information content (AvgIpc) is 3.55. The van der Waals surface area contributed by atoms with E-state index in [4.69, 9.17) is 14.1 Å². The number of thiazole rings is 1. The normalized spacial score (nSPS) is 15.3. The van der Waals surface area contributed by atoms with E-state index in [-0.39, 0.29) is 0 Å². The summed E-state index contributed by atoms with van der Waals surface area (Å²) in [6.07, 6.45) is 1.64. The monoisotopic (exact) mass is 469 g/mol. The van der Waals surface area contributed by atoms with Crippen LogP contribution in [0, 0.1) is 13.8 Å². The minimum atomic E-state index is -3.57. The predicted octanol–water partition coefficient (Wildman–Crippen LogP) is 4.50. The van der Waals surface area contributed by atoms with Gasteiger partial charge in [0.25, 0.3) is 0 Å². The summed E-state index contributed by atoms with van der Waals surface area (Å²) in [7, 11) is -3.57. The standard InChI is InChI=1S/C23H23N3O4S2/c1-16-13-20(21-15-31-23(24-21)22-7-4-10-30-22)17(2)26(16)18-5-3-6-19(14-18)32(27,28)25-8-11-29-12-9-25/h3-7,10,13-15H,8-9,11-12H2,1-2H3. The van der Waals surface area contributed by atoms with E-state index in [9.17, 15) is 8.42 Å². The number of furan rings is 1. The summed E-state index contributed by atoms with van der Waals surface area (Å²) in [5, 5.41) is 2.84. The van der Waals surface area contributed by atoms with E-state index in [0.29, 0.717) is 31.2 Å². The van der Waals surface area contributed by atoms with Crippen molar-refractivity contribution in [3.8, 4) is 27.7 Å². The van der Waals surface area contributed by atoms with Gasteiger partial charge in [-0.05, 0) is 50.2 Å². The molecule has 0 aliphatic carbocycles. The number of aryl methyl sites for hydroxylation is 1. The fourth-order valence-electron chi connectivity index (χ4n) is 4.05. The van der Waals surface area contributed by atoms with Crippen LogP contribution in [0.2, 0.25) is 0 Å². The highest BCUT2D eigenvalue weighted by molar-refractivity contribution is 7.89. The summed E-state index contributed by atoms with van der Waals surface area (Å²) < 4.78 is 40.6. The SMILES string of the molecule is Cc1cc(-c2csc(-c3ccco3)n2)c(C)n1-c1cccc(S(=O)(=O)N2CCOCC2)c1. The fourth-order valence-corrected chi connectivity index (χ4v) is 6.28. The zero-order valence-corrected chi connectivity index (χ0v) is 19.4. The third-order valence-corrected chi connectivity index (χ3v) is 8.38. The molecule has 32 heavy (non-hydrogen) atoms. The van der Waals surface area contributed by atoms with Gasteiger partial charge in [0.05, 0.1) is 30.1 Å². The third kappa shape index (κ3) is 3.71. The second kappa shape index (κ2) is 8.32. The molecule has 1 aliphatic rings. The topological polar surface area (TPSA) is 77.6 Å². The smallest absolute Gasteiger partial charge is 0.243 e. The number of hydrogen-bond donors (Lipinski definition) is 0. The number of hydrogen-bond acceptors (Lipinski definition) is 6. The van der Waals surface area contributed by atoms with Crippen LogP contribution >= 0.6 is 11.3 Å². The van der Waals surface area contributed by atoms with Crippen molar-refractivity contribution in [2.75, 3.05) is 26.3 Å². The Bertz CT molecular complexity index is 1350.